The van der Waals surface area contributed by atoms with Crippen molar-refractivity contribution in [1.82, 2.24) is 0 Å². The molecule has 94 heavy (non-hydrogen) atoms. The van der Waals surface area contributed by atoms with Gasteiger partial charge in [-0.05, 0) is 72.8 Å². The van der Waals surface area contributed by atoms with Gasteiger partial charge in [0.05, 0.1) is 34.6 Å². The fourth-order valence-corrected chi connectivity index (χ4v) is 13.3. The van der Waals surface area contributed by atoms with Crippen LogP contribution in [0.3, 0.4) is 0 Å². The van der Waals surface area contributed by atoms with Gasteiger partial charge in [0.25, 0.3) is 0 Å². The molecule has 3 unspecified atom stereocenters. The van der Waals surface area contributed by atoms with E-state index in [0.717, 1.165) is 146 Å². The van der Waals surface area contributed by atoms with E-state index in [9.17, 15) is 0 Å². The molecule has 12 rings (SSSR count). The second-order valence-electron chi connectivity index (χ2n) is 22.1. The highest BCUT2D eigenvalue weighted by Crippen LogP contribution is 2.59. The van der Waals surface area contributed by atoms with Gasteiger partial charge in [0.1, 0.15) is 69.8 Å². The molecule has 0 fully saturated rings. The molecule has 0 aliphatic heterocycles. The highest BCUT2D eigenvalue weighted by Gasteiger charge is 2.59. The van der Waals surface area contributed by atoms with E-state index in [1.54, 1.807) is 0 Å². The van der Waals surface area contributed by atoms with Gasteiger partial charge in [0.15, 0.2) is 0 Å². The summed E-state index contributed by atoms with van der Waals surface area (Å²) in [5, 5.41) is 0. The summed E-state index contributed by atoms with van der Waals surface area (Å²) < 4.78 is 237. The zero-order valence-electron chi connectivity index (χ0n) is 49.3. The predicted octanol–water partition coefficient (Wildman–Crippen LogP) is 20.0. The Bertz CT molecular complexity index is 3900. The molecule has 0 N–H and O–H groups in total. The van der Waals surface area contributed by atoms with Crippen molar-refractivity contribution in [1.29, 1.82) is 0 Å². The van der Waals surface area contributed by atoms with Gasteiger partial charge in [-0.3, -0.25) is 0 Å². The fraction of sp³-hybridized carbons (Fsp3) is 0.0769. The Morgan fingerprint density at radius 1 is 0.181 bits per heavy atom. The summed E-state index contributed by atoms with van der Waals surface area (Å²) in [4.78, 5) is 0. The Hall–Kier alpha value is -10.3. The van der Waals surface area contributed by atoms with Crippen molar-refractivity contribution >= 4 is 7.32 Å². The number of hydrogen-bond donors (Lipinski definition) is 0. The summed E-state index contributed by atoms with van der Waals surface area (Å²) >= 11 is 0. The summed E-state index contributed by atoms with van der Waals surface area (Å²) in [6, 6.07) is 55.9. The van der Waals surface area contributed by atoms with Crippen molar-refractivity contribution in [3.05, 3.63) is 428 Å². The zero-order valence-corrected chi connectivity index (χ0v) is 49.3. The van der Waals surface area contributed by atoms with Gasteiger partial charge in [-0.25, -0.2) is 52.7 Å². The number of hydrogen-bond acceptors (Lipinski definition) is 3. The van der Waals surface area contributed by atoms with Crippen LogP contribution in [0.15, 0.2) is 291 Å². The van der Waals surface area contributed by atoms with Crippen LogP contribution in [0.2, 0.25) is 0 Å². The fourth-order valence-electron chi connectivity index (χ4n) is 13.3. The Balaban J connectivity index is 1.30. The van der Waals surface area contributed by atoms with Crippen LogP contribution in [0.5, 0.6) is 0 Å². The van der Waals surface area contributed by atoms with Gasteiger partial charge < -0.3 is 14.0 Å². The summed E-state index contributed by atoms with van der Waals surface area (Å²) in [5.41, 5.74) is -16.5. The Morgan fingerprint density at radius 3 is 0.447 bits per heavy atom. The van der Waals surface area contributed by atoms with Crippen molar-refractivity contribution in [2.45, 2.75) is 34.6 Å². The lowest BCUT2D eigenvalue weighted by Crippen LogP contribution is -2.50. The molecule has 3 nitrogen and oxygen atoms in total. The average molecular weight is 1280 g/mol. The molecule has 0 radical (unpaired) electrons. The molecular formula is C78H51BF12O3. The molecule has 468 valence electrons. The molecule has 12 aromatic rings. The molecule has 0 aliphatic rings. The minimum atomic E-state index is -3.10. The molecule has 3 atom stereocenters. The van der Waals surface area contributed by atoms with Gasteiger partial charge in [-0.2, -0.15) is 0 Å². The molecular weight excluding hydrogens is 1220 g/mol. The third-order valence-corrected chi connectivity index (χ3v) is 17.2. The Morgan fingerprint density at radius 2 is 0.309 bits per heavy atom. The van der Waals surface area contributed by atoms with E-state index in [4.69, 9.17) is 14.0 Å². The van der Waals surface area contributed by atoms with E-state index in [2.05, 4.69) is 0 Å². The van der Waals surface area contributed by atoms with Gasteiger partial charge in [0, 0.05) is 66.8 Å². The normalized spacial score (nSPS) is 12.9. The molecule has 0 aromatic heterocycles. The van der Waals surface area contributed by atoms with Crippen LogP contribution in [-0.4, -0.2) is 7.32 Å². The minimum Gasteiger partial charge on any atom is -0.377 e. The average Bonchev–Trinajstić information content (AvgIpc) is 0.725. The van der Waals surface area contributed by atoms with Crippen LogP contribution in [0.25, 0.3) is 0 Å². The second-order valence-corrected chi connectivity index (χ2v) is 22.1. The lowest BCUT2D eigenvalue weighted by atomic mass is 9.62. The number of benzene rings is 12. The van der Waals surface area contributed by atoms with Crippen LogP contribution in [-0.2, 0) is 30.2 Å². The first-order valence-corrected chi connectivity index (χ1v) is 29.6. The Labute approximate surface area is 534 Å². The molecule has 0 spiro atoms. The van der Waals surface area contributed by atoms with Crippen LogP contribution >= 0.6 is 0 Å². The monoisotopic (exact) mass is 1270 g/mol. The lowest BCUT2D eigenvalue weighted by Gasteiger charge is -2.47. The summed E-state index contributed by atoms with van der Waals surface area (Å²) in [6.45, 7) is 0. The third kappa shape index (κ3) is 11.2. The van der Waals surface area contributed by atoms with Crippen molar-refractivity contribution in [2.75, 3.05) is 0 Å². The molecule has 0 heterocycles. The van der Waals surface area contributed by atoms with Crippen LogP contribution in [0.4, 0.5) is 52.7 Å². The molecule has 0 saturated heterocycles. The van der Waals surface area contributed by atoms with Crippen molar-refractivity contribution in [3.63, 3.8) is 0 Å². The first-order chi connectivity index (χ1) is 45.6. The molecule has 0 bridgehead atoms. The maximum atomic E-state index is 18.0. The third-order valence-electron chi connectivity index (χ3n) is 17.2. The van der Waals surface area contributed by atoms with E-state index < -0.39 is 178 Å². The smallest absolute Gasteiger partial charge is 0.377 e. The highest BCUT2D eigenvalue weighted by atomic mass is 19.2. The van der Waals surface area contributed by atoms with Crippen molar-refractivity contribution in [3.8, 4) is 0 Å². The first-order valence-electron chi connectivity index (χ1n) is 29.6. The zero-order chi connectivity index (χ0) is 65.7. The Kier molecular flexibility index (Phi) is 18.4. The van der Waals surface area contributed by atoms with Gasteiger partial charge in [-0.15, -0.1) is 0 Å². The largest absolute Gasteiger partial charge is 0.640 e. The maximum absolute atomic E-state index is 18.0. The van der Waals surface area contributed by atoms with E-state index in [1.165, 1.54) is 146 Å². The van der Waals surface area contributed by atoms with E-state index in [1.807, 2.05) is 0 Å². The number of halogens is 12. The lowest BCUT2D eigenvalue weighted by molar-refractivity contribution is -0.0319. The van der Waals surface area contributed by atoms with Gasteiger partial charge >= 0.3 is 7.32 Å². The van der Waals surface area contributed by atoms with E-state index >= 15 is 52.7 Å². The molecule has 0 amide bonds. The molecule has 16 heteroatoms. The highest BCUT2D eigenvalue weighted by molar-refractivity contribution is 6.36. The van der Waals surface area contributed by atoms with Crippen LogP contribution in [0, 0.1) is 69.8 Å². The van der Waals surface area contributed by atoms with E-state index in [0.29, 0.717) is 0 Å². The standard InChI is InChI=1S/C78H51BF12O3/c80-61-37-13-1-25-49(61)73(76(52-28-4-16-40-64(52)83,53-29-5-17-41-65(53)84)54-30-6-18-42-66(54)85)92-79(93-74(50-26-2-14-38-62(50)81)77(55-31-7-19-43-67(55)86,56-32-8-20-44-68(56)87)57-33-9-21-45-69(57)88)94-75(51-27-3-15-39-63(51)82)78(58-34-10-22-46-70(58)89,59-35-11-23-47-71(59)90)60-36-12-24-48-72(60)91/h1-48,73-75H. The predicted molar refractivity (Wildman–Crippen MR) is 334 cm³/mol. The SMILES string of the molecule is Fc1ccccc1C(OB(OC(c1ccccc1F)C(c1ccccc1F)(c1ccccc1F)c1ccccc1F)OC(c1ccccc1F)C(c1ccccc1F)(c1ccccc1F)c1ccccc1F)C(c1ccccc1F)(c1ccccc1F)c1ccccc1F. The first kappa shape index (κ1) is 63.9. The van der Waals surface area contributed by atoms with E-state index in [-0.39, 0.29) is 0 Å². The second kappa shape index (κ2) is 27.1. The minimum absolute atomic E-state index is 0.620. The molecule has 0 saturated carbocycles. The van der Waals surface area contributed by atoms with Crippen molar-refractivity contribution < 1.29 is 66.6 Å². The van der Waals surface area contributed by atoms with Crippen molar-refractivity contribution in [2.24, 2.45) is 0 Å². The summed E-state index contributed by atoms with van der Waals surface area (Å²) in [7, 11) is -3.10. The van der Waals surface area contributed by atoms with Gasteiger partial charge in [0.2, 0.25) is 0 Å². The quantitative estimate of drug-likeness (QED) is 0.0408. The molecule has 12 aromatic carbocycles. The maximum Gasteiger partial charge on any atom is 0.640 e. The summed E-state index contributed by atoms with van der Waals surface area (Å²) in [5.74, 6) is -14.3. The molecule has 0 aliphatic carbocycles. The summed E-state index contributed by atoms with van der Waals surface area (Å²) in [6.07, 6.45) is -7.75. The van der Waals surface area contributed by atoms with Crippen LogP contribution in [0.1, 0.15) is 85.1 Å². The number of rotatable bonds is 21. The van der Waals surface area contributed by atoms with Gasteiger partial charge in [-0.1, -0.05) is 218 Å². The van der Waals surface area contributed by atoms with Crippen LogP contribution < -0.4 is 0 Å². The topological polar surface area (TPSA) is 27.7 Å².